The number of alkyl carbamates (subject to hydrolysis) is 1. The summed E-state index contributed by atoms with van der Waals surface area (Å²) in [6.07, 6.45) is 3.34. The minimum Gasteiger partial charge on any atom is -0.444 e. The van der Waals surface area contributed by atoms with Gasteiger partial charge in [0, 0.05) is 12.1 Å². The predicted molar refractivity (Wildman–Crippen MR) is 131 cm³/mol. The molecule has 0 saturated heterocycles. The fourth-order valence-electron chi connectivity index (χ4n) is 3.89. The van der Waals surface area contributed by atoms with Crippen LogP contribution in [-0.4, -0.2) is 58.2 Å². The van der Waals surface area contributed by atoms with E-state index in [2.05, 4.69) is 24.5 Å². The van der Waals surface area contributed by atoms with Gasteiger partial charge in [0.15, 0.2) is 0 Å². The third kappa shape index (κ3) is 8.01. The van der Waals surface area contributed by atoms with Crippen LogP contribution in [0.1, 0.15) is 84.4 Å². The van der Waals surface area contributed by atoms with Gasteiger partial charge in [0.1, 0.15) is 17.7 Å². The summed E-state index contributed by atoms with van der Waals surface area (Å²) in [6.45, 7) is 10.6. The summed E-state index contributed by atoms with van der Waals surface area (Å²) < 4.78 is 5.26. The summed E-state index contributed by atoms with van der Waals surface area (Å²) in [7, 11) is 0. The zero-order valence-electron chi connectivity index (χ0n) is 21.4. The number of aliphatic hydroxyl groups excluding tert-OH is 1. The van der Waals surface area contributed by atoms with E-state index >= 15 is 0 Å². The highest BCUT2D eigenvalue weighted by Gasteiger charge is 2.44. The first kappa shape index (κ1) is 27.6. The van der Waals surface area contributed by atoms with E-state index in [0.717, 1.165) is 37.7 Å². The summed E-state index contributed by atoms with van der Waals surface area (Å²) in [5.74, 6) is -0.766. The molecular formula is C26H41N3O5. The van der Waals surface area contributed by atoms with Crippen molar-refractivity contribution in [3.05, 3.63) is 35.4 Å². The molecule has 1 fully saturated rings. The molecule has 3 amide bonds. The number of benzene rings is 1. The molecule has 8 nitrogen and oxygen atoms in total. The standard InChI is InChI=1S/C26H41N3O5/c1-7-9-17(3)27-23(31)22(19-12-10-18(8-2)11-13-19)29(20-14-15-20)24(32)21(16-30)28-25(33)34-26(4,5)6/h10-13,17,20-22,30H,7-9,14-16H2,1-6H3,(H,27,31)(H,28,33). The smallest absolute Gasteiger partial charge is 0.408 e. The van der Waals surface area contributed by atoms with Crippen molar-refractivity contribution < 1.29 is 24.2 Å². The van der Waals surface area contributed by atoms with Crippen LogP contribution >= 0.6 is 0 Å². The van der Waals surface area contributed by atoms with E-state index in [1.165, 1.54) is 4.90 Å². The molecule has 3 atom stereocenters. The van der Waals surface area contributed by atoms with Gasteiger partial charge in [0.05, 0.1) is 6.61 Å². The first-order valence-corrected chi connectivity index (χ1v) is 12.3. The third-order valence-corrected chi connectivity index (χ3v) is 5.71. The van der Waals surface area contributed by atoms with Crippen LogP contribution in [0.3, 0.4) is 0 Å². The zero-order valence-corrected chi connectivity index (χ0v) is 21.4. The molecule has 3 unspecified atom stereocenters. The number of hydrogen-bond donors (Lipinski definition) is 3. The number of hydrogen-bond acceptors (Lipinski definition) is 5. The maximum atomic E-state index is 13.6. The van der Waals surface area contributed by atoms with Crippen molar-refractivity contribution in [1.29, 1.82) is 0 Å². The van der Waals surface area contributed by atoms with Gasteiger partial charge in [-0.05, 0) is 64.5 Å². The molecule has 1 saturated carbocycles. The van der Waals surface area contributed by atoms with Crippen molar-refractivity contribution >= 4 is 17.9 Å². The number of carbonyl (C=O) groups excluding carboxylic acids is 3. The van der Waals surface area contributed by atoms with Crippen LogP contribution in [0.15, 0.2) is 24.3 Å². The molecular weight excluding hydrogens is 434 g/mol. The van der Waals surface area contributed by atoms with Gasteiger partial charge in [-0.15, -0.1) is 0 Å². The van der Waals surface area contributed by atoms with E-state index in [1.54, 1.807) is 20.8 Å². The molecule has 0 bridgehead atoms. The molecule has 1 aromatic carbocycles. The second-order valence-corrected chi connectivity index (χ2v) is 10.1. The molecule has 1 aromatic rings. The fourth-order valence-corrected chi connectivity index (χ4v) is 3.89. The number of nitrogens with one attached hydrogen (secondary N) is 2. The summed E-state index contributed by atoms with van der Waals surface area (Å²) in [6, 6.07) is 5.43. The molecule has 0 heterocycles. The molecule has 190 valence electrons. The number of nitrogens with zero attached hydrogens (tertiary/aromatic N) is 1. The highest BCUT2D eigenvalue weighted by atomic mass is 16.6. The molecule has 0 spiro atoms. The van der Waals surface area contributed by atoms with E-state index < -0.39 is 36.3 Å². The second kappa shape index (κ2) is 12.2. The van der Waals surface area contributed by atoms with Gasteiger partial charge in [0.2, 0.25) is 11.8 Å². The van der Waals surface area contributed by atoms with Crippen molar-refractivity contribution in [2.45, 2.75) is 103 Å². The molecule has 34 heavy (non-hydrogen) atoms. The van der Waals surface area contributed by atoms with Gasteiger partial charge in [-0.3, -0.25) is 9.59 Å². The first-order valence-electron chi connectivity index (χ1n) is 12.3. The Kier molecular flexibility index (Phi) is 9.91. The van der Waals surface area contributed by atoms with Crippen LogP contribution in [0.2, 0.25) is 0 Å². The SMILES string of the molecule is CCCC(C)NC(=O)C(c1ccc(CC)cc1)N(C(=O)C(CO)NC(=O)OC(C)(C)C)C1CC1. The van der Waals surface area contributed by atoms with E-state index in [9.17, 15) is 19.5 Å². The maximum absolute atomic E-state index is 13.6. The number of ether oxygens (including phenoxy) is 1. The van der Waals surface area contributed by atoms with Crippen LogP contribution in [-0.2, 0) is 20.7 Å². The topological polar surface area (TPSA) is 108 Å². The van der Waals surface area contributed by atoms with Gasteiger partial charge in [0.25, 0.3) is 0 Å². The van der Waals surface area contributed by atoms with Crippen LogP contribution in [0.25, 0.3) is 0 Å². The van der Waals surface area contributed by atoms with Gasteiger partial charge >= 0.3 is 6.09 Å². The molecule has 1 aliphatic carbocycles. The lowest BCUT2D eigenvalue weighted by molar-refractivity contribution is -0.144. The van der Waals surface area contributed by atoms with Crippen molar-refractivity contribution in [1.82, 2.24) is 15.5 Å². The van der Waals surface area contributed by atoms with E-state index in [1.807, 2.05) is 31.2 Å². The first-order chi connectivity index (χ1) is 16.0. The molecule has 3 N–H and O–H groups in total. The number of aliphatic hydroxyl groups is 1. The van der Waals surface area contributed by atoms with Gasteiger partial charge in [-0.25, -0.2) is 4.79 Å². The Morgan fingerprint density at radius 3 is 2.21 bits per heavy atom. The molecule has 0 aromatic heterocycles. The molecule has 8 heteroatoms. The molecule has 2 rings (SSSR count). The van der Waals surface area contributed by atoms with Crippen molar-refractivity contribution in [2.24, 2.45) is 0 Å². The van der Waals surface area contributed by atoms with Crippen molar-refractivity contribution in [3.63, 3.8) is 0 Å². The van der Waals surface area contributed by atoms with Crippen molar-refractivity contribution in [3.8, 4) is 0 Å². The lowest BCUT2D eigenvalue weighted by atomic mass is 10.00. The normalized spacial score (nSPS) is 16.2. The lowest BCUT2D eigenvalue weighted by Gasteiger charge is -2.35. The van der Waals surface area contributed by atoms with Crippen molar-refractivity contribution in [2.75, 3.05) is 6.61 Å². The minimum atomic E-state index is -1.21. The number of rotatable bonds is 11. The predicted octanol–water partition coefficient (Wildman–Crippen LogP) is 3.47. The highest BCUT2D eigenvalue weighted by molar-refractivity contribution is 5.92. The Morgan fingerprint density at radius 2 is 1.74 bits per heavy atom. The van der Waals surface area contributed by atoms with Gasteiger partial charge in [-0.2, -0.15) is 0 Å². The lowest BCUT2D eigenvalue weighted by Crippen LogP contribution is -2.55. The summed E-state index contributed by atoms with van der Waals surface area (Å²) in [5.41, 5.74) is 1.08. The van der Waals surface area contributed by atoms with Crippen LogP contribution in [0.4, 0.5) is 4.79 Å². The Balaban J connectivity index is 2.37. The Hall–Kier alpha value is -2.61. The Labute approximate surface area is 203 Å². The van der Waals surface area contributed by atoms with E-state index in [4.69, 9.17) is 4.74 Å². The number of carbonyl (C=O) groups is 3. The van der Waals surface area contributed by atoms with Gasteiger partial charge in [-0.1, -0.05) is 44.5 Å². The fraction of sp³-hybridized carbons (Fsp3) is 0.654. The largest absolute Gasteiger partial charge is 0.444 e. The summed E-state index contributed by atoms with van der Waals surface area (Å²) >= 11 is 0. The zero-order chi connectivity index (χ0) is 25.5. The summed E-state index contributed by atoms with van der Waals surface area (Å²) in [4.78, 5) is 41.0. The second-order valence-electron chi connectivity index (χ2n) is 10.1. The van der Waals surface area contributed by atoms with Crippen LogP contribution in [0.5, 0.6) is 0 Å². The molecule has 0 radical (unpaired) electrons. The van der Waals surface area contributed by atoms with Gasteiger partial charge < -0.3 is 25.4 Å². The Morgan fingerprint density at radius 1 is 1.12 bits per heavy atom. The van der Waals surface area contributed by atoms with Crippen LogP contribution in [0, 0.1) is 0 Å². The molecule has 0 aliphatic heterocycles. The Bertz CT molecular complexity index is 830. The molecule has 1 aliphatic rings. The van der Waals surface area contributed by atoms with E-state index in [-0.39, 0.29) is 18.0 Å². The monoisotopic (exact) mass is 475 g/mol. The number of amides is 3. The summed E-state index contributed by atoms with van der Waals surface area (Å²) in [5, 5.41) is 15.5. The third-order valence-electron chi connectivity index (χ3n) is 5.71. The van der Waals surface area contributed by atoms with E-state index in [0.29, 0.717) is 5.56 Å². The number of aryl methyl sites for hydroxylation is 1. The average molecular weight is 476 g/mol. The maximum Gasteiger partial charge on any atom is 0.408 e. The minimum absolute atomic E-state index is 0.0420. The quantitative estimate of drug-likeness (QED) is 0.454. The average Bonchev–Trinajstić information content (AvgIpc) is 3.59. The van der Waals surface area contributed by atoms with Crippen LogP contribution < -0.4 is 10.6 Å². The highest BCUT2D eigenvalue weighted by Crippen LogP contribution is 2.35.